The molecule has 0 fully saturated rings. The average molecular weight is 391 g/mol. The van der Waals surface area contributed by atoms with E-state index in [-0.39, 0.29) is 18.1 Å². The first kappa shape index (κ1) is 20.2. The highest BCUT2D eigenvalue weighted by molar-refractivity contribution is 6.06. The van der Waals surface area contributed by atoms with E-state index < -0.39 is 11.7 Å². The number of nitrogens with zero attached hydrogens (tertiary/aromatic N) is 1. The van der Waals surface area contributed by atoms with E-state index in [0.717, 1.165) is 22.4 Å². The summed E-state index contributed by atoms with van der Waals surface area (Å²) in [7, 11) is 0. The maximum Gasteiger partial charge on any atom is 0.270 e. The van der Waals surface area contributed by atoms with Crippen molar-refractivity contribution in [3.63, 3.8) is 0 Å². The number of aryl methyl sites for hydroxylation is 3. The summed E-state index contributed by atoms with van der Waals surface area (Å²) in [5.41, 5.74) is 4.58. The molecule has 0 aliphatic rings. The van der Waals surface area contributed by atoms with Crippen LogP contribution in [0.3, 0.4) is 0 Å². The van der Waals surface area contributed by atoms with Crippen LogP contribution in [0, 0.1) is 26.6 Å². The monoisotopic (exact) mass is 391 g/mol. The van der Waals surface area contributed by atoms with Gasteiger partial charge < -0.3 is 10.6 Å². The Kier molecular flexibility index (Phi) is 6.02. The summed E-state index contributed by atoms with van der Waals surface area (Å²) in [5, 5.41) is 5.53. The van der Waals surface area contributed by atoms with Gasteiger partial charge in [-0.15, -0.1) is 0 Å². The lowest BCUT2D eigenvalue weighted by molar-refractivity contribution is 0.0945. The Balaban J connectivity index is 1.72. The molecule has 1 aromatic heterocycles. The number of anilines is 1. The van der Waals surface area contributed by atoms with Gasteiger partial charge in [0.2, 0.25) is 0 Å². The fourth-order valence-electron chi connectivity index (χ4n) is 3.17. The lowest BCUT2D eigenvalue weighted by atomic mass is 10.0. The average Bonchev–Trinajstić information content (AvgIpc) is 2.69. The highest BCUT2D eigenvalue weighted by Gasteiger charge is 2.14. The van der Waals surface area contributed by atoms with Gasteiger partial charge in [-0.3, -0.25) is 14.6 Å². The molecule has 0 radical (unpaired) electrons. The highest BCUT2D eigenvalue weighted by atomic mass is 19.1. The predicted molar refractivity (Wildman–Crippen MR) is 110 cm³/mol. The number of pyridine rings is 1. The third-order valence-corrected chi connectivity index (χ3v) is 4.57. The van der Waals surface area contributed by atoms with Crippen LogP contribution in [0.25, 0.3) is 0 Å². The van der Waals surface area contributed by atoms with Crippen molar-refractivity contribution in [3.05, 3.63) is 94.1 Å². The smallest absolute Gasteiger partial charge is 0.270 e. The van der Waals surface area contributed by atoms with E-state index in [2.05, 4.69) is 15.6 Å². The van der Waals surface area contributed by atoms with Crippen molar-refractivity contribution in [3.8, 4) is 0 Å². The molecule has 3 aromatic rings. The number of hydrogen-bond acceptors (Lipinski definition) is 3. The zero-order chi connectivity index (χ0) is 21.0. The number of rotatable bonds is 5. The van der Waals surface area contributed by atoms with Crippen LogP contribution < -0.4 is 10.6 Å². The summed E-state index contributed by atoms with van der Waals surface area (Å²) in [6, 6.07) is 13.2. The predicted octanol–water partition coefficient (Wildman–Crippen LogP) is 4.33. The Morgan fingerprint density at radius 1 is 0.966 bits per heavy atom. The second-order valence-corrected chi connectivity index (χ2v) is 6.93. The second-order valence-electron chi connectivity index (χ2n) is 6.93. The van der Waals surface area contributed by atoms with Gasteiger partial charge in [0.05, 0.1) is 0 Å². The maximum absolute atomic E-state index is 13.7. The quantitative estimate of drug-likeness (QED) is 0.680. The van der Waals surface area contributed by atoms with E-state index in [1.54, 1.807) is 24.3 Å². The van der Waals surface area contributed by atoms with Crippen LogP contribution in [0.2, 0.25) is 0 Å². The number of aromatic nitrogens is 1. The standard InChI is InChI=1S/C23H22FN3O2/c1-14-10-15(2)21(16(3)11-14)27-22(28)17-8-9-25-20(12-17)23(29)26-13-18-6-4-5-7-19(18)24/h4-12H,13H2,1-3H3,(H,26,29)(H,27,28). The van der Waals surface area contributed by atoms with Gasteiger partial charge in [0, 0.05) is 29.6 Å². The minimum atomic E-state index is -0.481. The Morgan fingerprint density at radius 2 is 1.66 bits per heavy atom. The lowest BCUT2D eigenvalue weighted by Gasteiger charge is -2.13. The molecule has 0 unspecified atom stereocenters. The van der Waals surface area contributed by atoms with Gasteiger partial charge in [-0.25, -0.2) is 4.39 Å². The molecule has 2 N–H and O–H groups in total. The van der Waals surface area contributed by atoms with E-state index in [4.69, 9.17) is 0 Å². The van der Waals surface area contributed by atoms with Crippen LogP contribution in [0.5, 0.6) is 0 Å². The van der Waals surface area contributed by atoms with Crippen molar-refractivity contribution in [1.29, 1.82) is 0 Å². The summed E-state index contributed by atoms with van der Waals surface area (Å²) >= 11 is 0. The number of carbonyl (C=O) groups excluding carboxylic acids is 2. The fourth-order valence-corrected chi connectivity index (χ4v) is 3.17. The minimum absolute atomic E-state index is 0.0331. The number of benzene rings is 2. The Labute approximate surface area is 169 Å². The van der Waals surface area contributed by atoms with Crippen LogP contribution in [-0.4, -0.2) is 16.8 Å². The van der Waals surface area contributed by atoms with Crippen LogP contribution in [0.15, 0.2) is 54.7 Å². The number of carbonyl (C=O) groups is 2. The van der Waals surface area contributed by atoms with Gasteiger partial charge in [-0.1, -0.05) is 35.9 Å². The van der Waals surface area contributed by atoms with Crippen LogP contribution in [0.4, 0.5) is 10.1 Å². The van der Waals surface area contributed by atoms with Crippen LogP contribution in [-0.2, 0) is 6.54 Å². The van der Waals surface area contributed by atoms with Gasteiger partial charge in [-0.2, -0.15) is 0 Å². The third-order valence-electron chi connectivity index (χ3n) is 4.57. The number of halogens is 1. The van der Waals surface area contributed by atoms with E-state index in [1.165, 1.54) is 18.3 Å². The van der Waals surface area contributed by atoms with Gasteiger partial charge in [0.1, 0.15) is 11.5 Å². The van der Waals surface area contributed by atoms with Gasteiger partial charge in [0.25, 0.3) is 11.8 Å². The van der Waals surface area contributed by atoms with Gasteiger partial charge in [0.15, 0.2) is 0 Å². The third kappa shape index (κ3) is 4.85. The molecule has 2 aromatic carbocycles. The molecule has 0 saturated heterocycles. The van der Waals surface area contributed by atoms with Crippen LogP contribution >= 0.6 is 0 Å². The summed E-state index contributed by atoms with van der Waals surface area (Å²) < 4.78 is 13.7. The molecule has 29 heavy (non-hydrogen) atoms. The van der Waals surface area contributed by atoms with Gasteiger partial charge in [-0.05, 0) is 50.1 Å². The number of amides is 2. The molecule has 148 valence electrons. The summed E-state index contributed by atoms with van der Waals surface area (Å²) in [6.45, 7) is 5.90. The van der Waals surface area contributed by atoms with Crippen molar-refractivity contribution >= 4 is 17.5 Å². The molecule has 0 aliphatic heterocycles. The van der Waals surface area contributed by atoms with Crippen molar-refractivity contribution < 1.29 is 14.0 Å². The molecule has 0 aliphatic carbocycles. The molecule has 2 amide bonds. The van der Waals surface area contributed by atoms with E-state index >= 15 is 0 Å². The van der Waals surface area contributed by atoms with E-state index in [1.807, 2.05) is 32.9 Å². The van der Waals surface area contributed by atoms with Crippen molar-refractivity contribution in [2.24, 2.45) is 0 Å². The van der Waals surface area contributed by atoms with E-state index in [9.17, 15) is 14.0 Å². The molecule has 1 heterocycles. The molecular formula is C23H22FN3O2. The first-order chi connectivity index (χ1) is 13.8. The largest absolute Gasteiger partial charge is 0.347 e. The number of hydrogen-bond donors (Lipinski definition) is 2. The Hall–Kier alpha value is -3.54. The second kappa shape index (κ2) is 8.65. The summed E-state index contributed by atoms with van der Waals surface area (Å²) in [5.74, 6) is -1.20. The molecule has 6 heteroatoms. The summed E-state index contributed by atoms with van der Waals surface area (Å²) in [6.07, 6.45) is 1.40. The van der Waals surface area contributed by atoms with E-state index in [0.29, 0.717) is 11.1 Å². The zero-order valence-corrected chi connectivity index (χ0v) is 16.5. The molecule has 0 spiro atoms. The maximum atomic E-state index is 13.7. The van der Waals surface area contributed by atoms with Crippen molar-refractivity contribution in [2.75, 3.05) is 5.32 Å². The summed E-state index contributed by atoms with van der Waals surface area (Å²) in [4.78, 5) is 29.1. The number of nitrogens with one attached hydrogen (secondary N) is 2. The topological polar surface area (TPSA) is 71.1 Å². The van der Waals surface area contributed by atoms with Gasteiger partial charge >= 0.3 is 0 Å². The fraction of sp³-hybridized carbons (Fsp3) is 0.174. The Morgan fingerprint density at radius 3 is 2.34 bits per heavy atom. The molecule has 5 nitrogen and oxygen atoms in total. The van der Waals surface area contributed by atoms with Crippen LogP contribution in [0.1, 0.15) is 43.1 Å². The lowest BCUT2D eigenvalue weighted by Crippen LogP contribution is -2.25. The molecular weight excluding hydrogens is 369 g/mol. The molecule has 0 bridgehead atoms. The zero-order valence-electron chi connectivity index (χ0n) is 16.5. The molecule has 0 atom stereocenters. The Bertz CT molecular complexity index is 1060. The SMILES string of the molecule is Cc1cc(C)c(NC(=O)c2ccnc(C(=O)NCc3ccccc3F)c2)c(C)c1. The normalized spacial score (nSPS) is 10.5. The first-order valence-corrected chi connectivity index (χ1v) is 9.22. The van der Waals surface area contributed by atoms with Crippen molar-refractivity contribution in [2.45, 2.75) is 27.3 Å². The molecule has 3 rings (SSSR count). The first-order valence-electron chi connectivity index (χ1n) is 9.22. The highest BCUT2D eigenvalue weighted by Crippen LogP contribution is 2.22. The minimum Gasteiger partial charge on any atom is -0.347 e. The molecule has 0 saturated carbocycles. The van der Waals surface area contributed by atoms with Crippen molar-refractivity contribution in [1.82, 2.24) is 10.3 Å².